The van der Waals surface area contributed by atoms with Crippen LogP contribution in [-0.2, 0) is 4.79 Å². The third-order valence-corrected chi connectivity index (χ3v) is 5.35. The van der Waals surface area contributed by atoms with Crippen molar-refractivity contribution in [2.24, 2.45) is 0 Å². The lowest BCUT2D eigenvalue weighted by molar-refractivity contribution is -0.596. The van der Waals surface area contributed by atoms with Crippen molar-refractivity contribution in [2.75, 3.05) is 0 Å². The molecule has 1 saturated heterocycles. The van der Waals surface area contributed by atoms with Crippen molar-refractivity contribution < 1.29 is 14.3 Å². The predicted octanol–water partition coefficient (Wildman–Crippen LogP) is 3.32. The maximum absolute atomic E-state index is 12.9. The summed E-state index contributed by atoms with van der Waals surface area (Å²) in [5, 5.41) is 2.93. The molecule has 30 heavy (non-hydrogen) atoms. The summed E-state index contributed by atoms with van der Waals surface area (Å²) in [6.07, 6.45) is 1.92. The molecule has 1 aliphatic rings. The fourth-order valence-corrected chi connectivity index (χ4v) is 3.64. The Morgan fingerprint density at radius 1 is 0.933 bits per heavy atom. The van der Waals surface area contributed by atoms with Crippen molar-refractivity contribution >= 4 is 18.0 Å². The van der Waals surface area contributed by atoms with E-state index in [1.54, 1.807) is 28.9 Å². The summed E-state index contributed by atoms with van der Waals surface area (Å²) < 4.78 is 1.80. The molecule has 4 rings (SSSR count). The third-order valence-electron chi connectivity index (χ3n) is 5.35. The molecule has 1 aliphatic heterocycles. The number of aryl methyl sites for hydroxylation is 2. The van der Waals surface area contributed by atoms with E-state index in [9.17, 15) is 9.59 Å². The number of hydrazine groups is 1. The maximum Gasteiger partial charge on any atom is 0.304 e. The van der Waals surface area contributed by atoms with Gasteiger partial charge in [-0.05, 0) is 37.6 Å². The Morgan fingerprint density at radius 2 is 1.60 bits per heavy atom. The number of benzene rings is 3. The van der Waals surface area contributed by atoms with E-state index in [4.69, 9.17) is 0 Å². The second-order valence-corrected chi connectivity index (χ2v) is 7.54. The molecule has 0 saturated carbocycles. The lowest BCUT2D eigenvalue weighted by Crippen LogP contribution is -2.42. The van der Waals surface area contributed by atoms with Crippen LogP contribution < -0.4 is 10.7 Å². The molecular formula is C25H24N3O2+. The molecule has 5 nitrogen and oxygen atoms in total. The SMILES string of the molecule is Cc1ccc([C@@H]2[C@@H](NC(=O)c3ccccc3)C(=O)N/[N+]2=C\c2ccccc2C)cc1. The van der Waals surface area contributed by atoms with Crippen molar-refractivity contribution in [1.82, 2.24) is 10.7 Å². The van der Waals surface area contributed by atoms with Gasteiger partial charge in [0, 0.05) is 16.7 Å². The van der Waals surface area contributed by atoms with Crippen molar-refractivity contribution in [3.05, 3.63) is 107 Å². The van der Waals surface area contributed by atoms with Crippen LogP contribution in [0.1, 0.15) is 38.7 Å². The zero-order valence-corrected chi connectivity index (χ0v) is 17.0. The number of carbonyl (C=O) groups is 2. The molecule has 1 heterocycles. The van der Waals surface area contributed by atoms with E-state index in [0.29, 0.717) is 5.56 Å². The molecule has 0 spiro atoms. The monoisotopic (exact) mass is 398 g/mol. The zero-order valence-electron chi connectivity index (χ0n) is 17.0. The van der Waals surface area contributed by atoms with Gasteiger partial charge in [0.25, 0.3) is 5.91 Å². The summed E-state index contributed by atoms with van der Waals surface area (Å²) in [4.78, 5) is 25.7. The Hall–Kier alpha value is -3.73. The largest absolute Gasteiger partial charge is 0.334 e. The summed E-state index contributed by atoms with van der Waals surface area (Å²) >= 11 is 0. The van der Waals surface area contributed by atoms with Gasteiger partial charge >= 0.3 is 5.91 Å². The van der Waals surface area contributed by atoms with E-state index >= 15 is 0 Å². The van der Waals surface area contributed by atoms with Crippen LogP contribution in [0.15, 0.2) is 78.9 Å². The maximum atomic E-state index is 12.9. The molecule has 0 radical (unpaired) electrons. The molecule has 0 unspecified atom stereocenters. The Kier molecular flexibility index (Phi) is 5.44. The van der Waals surface area contributed by atoms with Crippen LogP contribution >= 0.6 is 0 Å². The average molecular weight is 398 g/mol. The second kappa shape index (κ2) is 8.33. The molecule has 3 aromatic carbocycles. The number of rotatable bonds is 4. The Bertz CT molecular complexity index is 1100. The molecule has 0 bridgehead atoms. The highest BCUT2D eigenvalue weighted by Crippen LogP contribution is 2.26. The third kappa shape index (κ3) is 4.01. The van der Waals surface area contributed by atoms with Gasteiger partial charge in [-0.25, -0.2) is 0 Å². The summed E-state index contributed by atoms with van der Waals surface area (Å²) in [5.74, 6) is -0.514. The standard InChI is InChI=1S/C25H23N3O2/c1-17-12-14-19(15-13-17)23-22(26-24(29)20-9-4-3-5-10-20)25(30)27-28(23)16-21-11-7-6-8-18(21)2/h3-16,22-23H,1-2H3,(H-,26,27,29,30)/p+1/b28-16-/t22-,23-/m1/s1. The highest BCUT2D eigenvalue weighted by atomic mass is 16.2. The van der Waals surface area contributed by atoms with Gasteiger partial charge in [-0.2, -0.15) is 0 Å². The Labute approximate surface area is 176 Å². The van der Waals surface area contributed by atoms with E-state index in [-0.39, 0.29) is 17.9 Å². The van der Waals surface area contributed by atoms with E-state index in [1.807, 2.05) is 74.7 Å². The Morgan fingerprint density at radius 3 is 2.30 bits per heavy atom. The van der Waals surface area contributed by atoms with Crippen molar-refractivity contribution in [3.63, 3.8) is 0 Å². The van der Waals surface area contributed by atoms with Crippen LogP contribution in [0.25, 0.3) is 0 Å². The molecule has 2 atom stereocenters. The van der Waals surface area contributed by atoms with Gasteiger partial charge in [0.1, 0.15) is 0 Å². The van der Waals surface area contributed by atoms with Gasteiger partial charge in [0.2, 0.25) is 12.3 Å². The van der Waals surface area contributed by atoms with Crippen LogP contribution in [0.2, 0.25) is 0 Å². The van der Waals surface area contributed by atoms with E-state index < -0.39 is 6.04 Å². The molecule has 1 fully saturated rings. The first-order chi connectivity index (χ1) is 14.5. The number of nitrogens with zero attached hydrogens (tertiary/aromatic N) is 1. The lowest BCUT2D eigenvalue weighted by atomic mass is 9.98. The molecule has 150 valence electrons. The van der Waals surface area contributed by atoms with Crippen molar-refractivity contribution in [1.29, 1.82) is 0 Å². The van der Waals surface area contributed by atoms with Gasteiger partial charge in [-0.15, -0.1) is 10.1 Å². The van der Waals surface area contributed by atoms with Crippen LogP contribution in [-0.4, -0.2) is 28.8 Å². The number of hydrogen-bond acceptors (Lipinski definition) is 2. The van der Waals surface area contributed by atoms with Crippen molar-refractivity contribution in [2.45, 2.75) is 25.9 Å². The first-order valence-corrected chi connectivity index (χ1v) is 9.95. The normalized spacial score (nSPS) is 19.5. The van der Waals surface area contributed by atoms with Crippen LogP contribution in [0.3, 0.4) is 0 Å². The molecule has 5 heteroatoms. The summed E-state index contributed by atoms with van der Waals surface area (Å²) in [6.45, 7) is 4.05. The minimum Gasteiger partial charge on any atom is -0.334 e. The van der Waals surface area contributed by atoms with Gasteiger partial charge in [0.15, 0.2) is 6.04 Å². The minimum atomic E-state index is -0.722. The highest BCUT2D eigenvalue weighted by molar-refractivity contribution is 5.98. The van der Waals surface area contributed by atoms with Gasteiger partial charge in [-0.3, -0.25) is 9.59 Å². The summed E-state index contributed by atoms with van der Waals surface area (Å²) in [7, 11) is 0. The van der Waals surface area contributed by atoms with Crippen LogP contribution in [0.5, 0.6) is 0 Å². The number of amides is 2. The summed E-state index contributed by atoms with van der Waals surface area (Å²) in [6, 6.07) is 23.9. The summed E-state index contributed by atoms with van der Waals surface area (Å²) in [5.41, 5.74) is 7.63. The fourth-order valence-electron chi connectivity index (χ4n) is 3.64. The van der Waals surface area contributed by atoms with Crippen LogP contribution in [0.4, 0.5) is 0 Å². The Balaban J connectivity index is 1.73. The topological polar surface area (TPSA) is 61.2 Å². The molecule has 2 amide bonds. The minimum absolute atomic E-state index is 0.241. The van der Waals surface area contributed by atoms with Crippen LogP contribution in [0, 0.1) is 13.8 Å². The fraction of sp³-hybridized carbons (Fsp3) is 0.160. The molecule has 3 aromatic rings. The molecule has 2 N–H and O–H groups in total. The number of nitrogens with one attached hydrogen (secondary N) is 2. The molecule has 0 aliphatic carbocycles. The number of hydrazone groups is 1. The molecular weight excluding hydrogens is 374 g/mol. The van der Waals surface area contributed by atoms with Gasteiger partial charge in [-0.1, -0.05) is 66.2 Å². The van der Waals surface area contributed by atoms with Gasteiger partial charge in [0.05, 0.1) is 0 Å². The second-order valence-electron chi connectivity index (χ2n) is 7.54. The lowest BCUT2D eigenvalue weighted by Gasteiger charge is -2.15. The van der Waals surface area contributed by atoms with E-state index in [2.05, 4.69) is 10.7 Å². The predicted molar refractivity (Wildman–Crippen MR) is 116 cm³/mol. The number of carbonyl (C=O) groups excluding carboxylic acids is 2. The smallest absolute Gasteiger partial charge is 0.304 e. The number of hydrogen-bond donors (Lipinski definition) is 2. The first-order valence-electron chi connectivity index (χ1n) is 9.95. The molecule has 0 aromatic heterocycles. The highest BCUT2D eigenvalue weighted by Gasteiger charge is 2.47. The first kappa shape index (κ1) is 19.6. The van der Waals surface area contributed by atoms with E-state index in [0.717, 1.165) is 22.3 Å². The zero-order chi connectivity index (χ0) is 21.1. The average Bonchev–Trinajstić information content (AvgIpc) is 3.05. The quantitative estimate of drug-likeness (QED) is 0.663. The van der Waals surface area contributed by atoms with Gasteiger partial charge < -0.3 is 5.32 Å². The van der Waals surface area contributed by atoms with E-state index in [1.165, 1.54) is 0 Å². The van der Waals surface area contributed by atoms with Crippen molar-refractivity contribution in [3.8, 4) is 0 Å².